The largest absolute Gasteiger partial charge is 0.497 e. The molecule has 0 spiro atoms. The summed E-state index contributed by atoms with van der Waals surface area (Å²) in [5, 5.41) is 4.70. The Labute approximate surface area is 185 Å². The quantitative estimate of drug-likeness (QED) is 0.296. The van der Waals surface area contributed by atoms with E-state index in [4.69, 9.17) is 9.15 Å². The second kappa shape index (κ2) is 9.66. The lowest BCUT2D eigenvalue weighted by Gasteiger charge is -2.17. The Morgan fingerprint density at radius 2 is 1.84 bits per heavy atom. The van der Waals surface area contributed by atoms with Crippen LogP contribution in [0.5, 0.6) is 5.75 Å². The van der Waals surface area contributed by atoms with E-state index in [0.717, 1.165) is 28.7 Å². The van der Waals surface area contributed by atoms with Gasteiger partial charge in [-0.25, -0.2) is 9.97 Å². The number of nitrogens with zero attached hydrogens (tertiary/aromatic N) is 2. The van der Waals surface area contributed by atoms with Crippen LogP contribution < -0.4 is 10.1 Å². The van der Waals surface area contributed by atoms with Gasteiger partial charge < -0.3 is 14.5 Å². The molecular formula is C24H23N3O3S. The first-order valence-corrected chi connectivity index (χ1v) is 11.0. The number of fused-ring (bicyclic) bond motifs is 1. The number of methoxy groups -OCH3 is 1. The van der Waals surface area contributed by atoms with Crippen molar-refractivity contribution in [3.05, 3.63) is 83.9 Å². The molecule has 2 aromatic heterocycles. The maximum absolute atomic E-state index is 13.2. The summed E-state index contributed by atoms with van der Waals surface area (Å²) < 4.78 is 11.2. The number of ether oxygens (including phenoxy) is 1. The monoisotopic (exact) mass is 433 g/mol. The molecule has 4 rings (SSSR count). The summed E-state index contributed by atoms with van der Waals surface area (Å²) in [6.45, 7) is 2.04. The van der Waals surface area contributed by atoms with E-state index >= 15 is 0 Å². The molecule has 0 aliphatic heterocycles. The number of aromatic nitrogens is 2. The molecule has 2 heterocycles. The fourth-order valence-electron chi connectivity index (χ4n) is 3.40. The fraction of sp³-hybridized carbons (Fsp3) is 0.208. The predicted octanol–water partition coefficient (Wildman–Crippen LogP) is 5.40. The first-order chi connectivity index (χ1) is 15.2. The molecule has 158 valence electrons. The number of furan rings is 1. The minimum Gasteiger partial charge on any atom is -0.497 e. The van der Waals surface area contributed by atoms with Gasteiger partial charge in [-0.1, -0.05) is 49.0 Å². The van der Waals surface area contributed by atoms with Crippen molar-refractivity contribution in [3.63, 3.8) is 0 Å². The van der Waals surface area contributed by atoms with E-state index in [1.165, 1.54) is 11.8 Å². The molecule has 4 aromatic rings. The van der Waals surface area contributed by atoms with Gasteiger partial charge >= 0.3 is 0 Å². The van der Waals surface area contributed by atoms with Crippen LogP contribution in [-0.4, -0.2) is 23.0 Å². The molecule has 7 heteroatoms. The van der Waals surface area contributed by atoms with Crippen LogP contribution in [0.1, 0.15) is 41.1 Å². The summed E-state index contributed by atoms with van der Waals surface area (Å²) in [6, 6.07) is 17.1. The van der Waals surface area contributed by atoms with E-state index in [2.05, 4.69) is 15.3 Å². The molecule has 0 saturated carbocycles. The second-order valence-electron chi connectivity index (χ2n) is 6.93. The molecule has 1 atom stereocenters. The molecule has 0 saturated heterocycles. The summed E-state index contributed by atoms with van der Waals surface area (Å²) in [7, 11) is 1.63. The van der Waals surface area contributed by atoms with Crippen LogP contribution in [0.15, 0.2) is 76.6 Å². The molecule has 31 heavy (non-hydrogen) atoms. The lowest BCUT2D eigenvalue weighted by Crippen LogP contribution is -2.28. The van der Waals surface area contributed by atoms with E-state index in [1.54, 1.807) is 25.6 Å². The van der Waals surface area contributed by atoms with E-state index in [0.29, 0.717) is 22.3 Å². The van der Waals surface area contributed by atoms with Crippen molar-refractivity contribution in [2.24, 2.45) is 0 Å². The number of rotatable bonds is 8. The number of hydrogen-bond donors (Lipinski definition) is 1. The summed E-state index contributed by atoms with van der Waals surface area (Å²) >= 11 is 1.47. The van der Waals surface area contributed by atoms with E-state index < -0.39 is 0 Å². The van der Waals surface area contributed by atoms with Gasteiger partial charge in [-0.2, -0.15) is 0 Å². The van der Waals surface area contributed by atoms with Gasteiger partial charge in [0.05, 0.1) is 13.2 Å². The number of nitrogens with one attached hydrogen (secondary N) is 1. The number of carbonyl (C=O) groups is 1. The molecular weight excluding hydrogens is 410 g/mol. The van der Waals surface area contributed by atoms with Crippen molar-refractivity contribution in [1.29, 1.82) is 0 Å². The maximum Gasteiger partial charge on any atom is 0.287 e. The predicted molar refractivity (Wildman–Crippen MR) is 121 cm³/mol. The first-order valence-electron chi connectivity index (χ1n) is 10.0. The smallest absolute Gasteiger partial charge is 0.287 e. The zero-order valence-electron chi connectivity index (χ0n) is 17.4. The maximum atomic E-state index is 13.2. The highest BCUT2D eigenvalue weighted by atomic mass is 32.2. The van der Waals surface area contributed by atoms with Gasteiger partial charge in [0, 0.05) is 29.1 Å². The highest BCUT2D eigenvalue weighted by Gasteiger charge is 2.23. The van der Waals surface area contributed by atoms with Gasteiger partial charge in [-0.05, 0) is 36.2 Å². The molecule has 0 bridgehead atoms. The van der Waals surface area contributed by atoms with E-state index in [-0.39, 0.29) is 11.9 Å². The number of para-hydroxylation sites is 1. The van der Waals surface area contributed by atoms with Crippen molar-refractivity contribution < 1.29 is 13.9 Å². The lowest BCUT2D eigenvalue weighted by atomic mass is 10.0. The van der Waals surface area contributed by atoms with Crippen LogP contribution in [0.2, 0.25) is 0 Å². The molecule has 0 fully saturated rings. The Morgan fingerprint density at radius 1 is 1.10 bits per heavy atom. The molecule has 1 unspecified atom stereocenters. The van der Waals surface area contributed by atoms with Crippen molar-refractivity contribution in [2.75, 3.05) is 7.11 Å². The number of carbonyl (C=O) groups excluding carboxylic acids is 1. The van der Waals surface area contributed by atoms with Gasteiger partial charge in [0.25, 0.3) is 5.91 Å². The minimum absolute atomic E-state index is 0.135. The van der Waals surface area contributed by atoms with Gasteiger partial charge in [-0.15, -0.1) is 0 Å². The standard InChI is InChI=1S/C24H23N3O3S/c1-3-20(16-9-11-17(29-2)12-10-16)27-23(28)22-19(15-31-24-25-13-6-14-26-24)18-7-4-5-8-21(18)30-22/h4-14,20H,3,15H2,1-2H3,(H,27,28). The highest BCUT2D eigenvalue weighted by Crippen LogP contribution is 2.31. The Morgan fingerprint density at radius 3 is 2.55 bits per heavy atom. The van der Waals surface area contributed by atoms with Crippen LogP contribution in [0, 0.1) is 0 Å². The van der Waals surface area contributed by atoms with Crippen LogP contribution in [0.4, 0.5) is 0 Å². The van der Waals surface area contributed by atoms with Gasteiger partial charge in [0.1, 0.15) is 11.3 Å². The summed E-state index contributed by atoms with van der Waals surface area (Å²) in [4.78, 5) is 21.8. The van der Waals surface area contributed by atoms with Crippen molar-refractivity contribution in [3.8, 4) is 5.75 Å². The van der Waals surface area contributed by atoms with Crippen molar-refractivity contribution in [2.45, 2.75) is 30.3 Å². The average molecular weight is 434 g/mol. The fourth-order valence-corrected chi connectivity index (χ4v) is 4.23. The summed E-state index contributed by atoms with van der Waals surface area (Å²) in [5.41, 5.74) is 2.55. The number of thioether (sulfide) groups is 1. The Balaban J connectivity index is 1.60. The minimum atomic E-state index is -0.233. The molecule has 6 nitrogen and oxygen atoms in total. The summed E-state index contributed by atoms with van der Waals surface area (Å²) in [6.07, 6.45) is 4.16. The molecule has 0 radical (unpaired) electrons. The van der Waals surface area contributed by atoms with Gasteiger partial charge in [0.2, 0.25) is 0 Å². The van der Waals surface area contributed by atoms with Crippen molar-refractivity contribution in [1.82, 2.24) is 15.3 Å². The Bertz CT molecular complexity index is 1160. The third kappa shape index (κ3) is 4.72. The third-order valence-corrected chi connectivity index (χ3v) is 5.93. The normalized spacial score (nSPS) is 11.9. The number of hydrogen-bond acceptors (Lipinski definition) is 6. The molecule has 1 amide bonds. The highest BCUT2D eigenvalue weighted by molar-refractivity contribution is 7.98. The number of benzene rings is 2. The zero-order chi connectivity index (χ0) is 21.6. The Kier molecular flexibility index (Phi) is 6.52. The van der Waals surface area contributed by atoms with Gasteiger partial charge in [0.15, 0.2) is 10.9 Å². The van der Waals surface area contributed by atoms with E-state index in [1.807, 2.05) is 55.5 Å². The van der Waals surface area contributed by atoms with Crippen LogP contribution in [-0.2, 0) is 5.75 Å². The second-order valence-corrected chi connectivity index (χ2v) is 7.88. The van der Waals surface area contributed by atoms with Crippen LogP contribution in [0.3, 0.4) is 0 Å². The molecule has 1 N–H and O–H groups in total. The van der Waals surface area contributed by atoms with E-state index in [9.17, 15) is 4.79 Å². The molecule has 0 aliphatic carbocycles. The number of amides is 1. The van der Waals surface area contributed by atoms with Crippen LogP contribution in [0.25, 0.3) is 11.0 Å². The third-order valence-electron chi connectivity index (χ3n) is 5.02. The average Bonchev–Trinajstić information content (AvgIpc) is 3.20. The Hall–Kier alpha value is -3.32. The topological polar surface area (TPSA) is 77.3 Å². The van der Waals surface area contributed by atoms with Gasteiger partial charge in [-0.3, -0.25) is 4.79 Å². The zero-order valence-corrected chi connectivity index (χ0v) is 18.2. The SMILES string of the molecule is CCC(NC(=O)c1oc2ccccc2c1CSc1ncccn1)c1ccc(OC)cc1. The first kappa shape index (κ1) is 20.9. The lowest BCUT2D eigenvalue weighted by molar-refractivity contribution is 0.0908. The molecule has 2 aromatic carbocycles. The molecule has 0 aliphatic rings. The van der Waals surface area contributed by atoms with Crippen LogP contribution >= 0.6 is 11.8 Å². The summed E-state index contributed by atoms with van der Waals surface area (Å²) in [5.74, 6) is 1.41. The van der Waals surface area contributed by atoms with Crippen molar-refractivity contribution >= 4 is 28.6 Å².